The van der Waals surface area contributed by atoms with E-state index in [1.807, 2.05) is 0 Å². The molecule has 0 fully saturated rings. The van der Waals surface area contributed by atoms with Crippen LogP contribution in [-0.2, 0) is 0 Å². The SMILES string of the molecule is Cc1cc(C)cc(OCCN(C)C(C)c2ccc(-n3cncn3)cc2)c1. The van der Waals surface area contributed by atoms with E-state index in [0.717, 1.165) is 18.0 Å². The lowest BCUT2D eigenvalue weighted by Gasteiger charge is -2.25. The molecule has 0 aliphatic heterocycles. The topological polar surface area (TPSA) is 43.2 Å². The first-order valence-corrected chi connectivity index (χ1v) is 8.89. The summed E-state index contributed by atoms with van der Waals surface area (Å²) in [6.07, 6.45) is 3.24. The Morgan fingerprint density at radius 2 is 1.77 bits per heavy atom. The van der Waals surface area contributed by atoms with Gasteiger partial charge < -0.3 is 4.74 Å². The predicted molar refractivity (Wildman–Crippen MR) is 104 cm³/mol. The van der Waals surface area contributed by atoms with Gasteiger partial charge in [0.05, 0.1) is 5.69 Å². The van der Waals surface area contributed by atoms with E-state index in [1.54, 1.807) is 17.3 Å². The van der Waals surface area contributed by atoms with Crippen molar-refractivity contribution >= 4 is 0 Å². The molecule has 0 saturated carbocycles. The molecule has 3 aromatic rings. The van der Waals surface area contributed by atoms with Gasteiger partial charge in [-0.25, -0.2) is 9.67 Å². The lowest BCUT2D eigenvalue weighted by molar-refractivity contribution is 0.201. The fraction of sp³-hybridized carbons (Fsp3) is 0.333. The van der Waals surface area contributed by atoms with E-state index in [4.69, 9.17) is 4.74 Å². The van der Waals surface area contributed by atoms with Gasteiger partial charge in [0.15, 0.2) is 0 Å². The van der Waals surface area contributed by atoms with Crippen molar-refractivity contribution in [3.63, 3.8) is 0 Å². The normalized spacial score (nSPS) is 12.3. The largest absolute Gasteiger partial charge is 0.492 e. The minimum atomic E-state index is 0.308. The molecule has 5 nitrogen and oxygen atoms in total. The number of benzene rings is 2. The average molecular weight is 350 g/mol. The first kappa shape index (κ1) is 18.1. The van der Waals surface area contributed by atoms with E-state index in [0.29, 0.717) is 12.6 Å². The number of ether oxygens (including phenoxy) is 1. The van der Waals surface area contributed by atoms with Gasteiger partial charge in [0.25, 0.3) is 0 Å². The van der Waals surface area contributed by atoms with E-state index in [2.05, 4.69) is 85.3 Å². The van der Waals surface area contributed by atoms with Crippen LogP contribution >= 0.6 is 0 Å². The van der Waals surface area contributed by atoms with Gasteiger partial charge >= 0.3 is 0 Å². The number of rotatable bonds is 7. The summed E-state index contributed by atoms with van der Waals surface area (Å²) in [5, 5.41) is 4.16. The first-order chi connectivity index (χ1) is 12.5. The molecule has 0 aliphatic rings. The van der Waals surface area contributed by atoms with Gasteiger partial charge in [-0.15, -0.1) is 0 Å². The molecule has 1 aromatic heterocycles. The van der Waals surface area contributed by atoms with E-state index in [9.17, 15) is 0 Å². The molecule has 0 bridgehead atoms. The van der Waals surface area contributed by atoms with Crippen LogP contribution in [0.2, 0.25) is 0 Å². The number of likely N-dealkylation sites (N-methyl/N-ethyl adjacent to an activating group) is 1. The molecule has 1 atom stereocenters. The molecule has 136 valence electrons. The molecule has 0 spiro atoms. The van der Waals surface area contributed by atoms with Crippen molar-refractivity contribution in [2.45, 2.75) is 26.8 Å². The minimum Gasteiger partial charge on any atom is -0.492 e. The second-order valence-electron chi connectivity index (χ2n) is 6.76. The highest BCUT2D eigenvalue weighted by molar-refractivity contribution is 5.34. The Kier molecular flexibility index (Phi) is 5.68. The van der Waals surface area contributed by atoms with Crippen molar-refractivity contribution in [1.29, 1.82) is 0 Å². The summed E-state index contributed by atoms with van der Waals surface area (Å²) < 4.78 is 7.69. The van der Waals surface area contributed by atoms with Crippen LogP contribution in [0.4, 0.5) is 0 Å². The minimum absolute atomic E-state index is 0.308. The molecule has 2 aromatic carbocycles. The maximum absolute atomic E-state index is 5.93. The third kappa shape index (κ3) is 4.49. The van der Waals surface area contributed by atoms with Crippen molar-refractivity contribution in [3.05, 3.63) is 71.8 Å². The molecule has 0 N–H and O–H groups in total. The molecule has 0 amide bonds. The zero-order chi connectivity index (χ0) is 18.5. The third-order valence-electron chi connectivity index (χ3n) is 4.63. The van der Waals surface area contributed by atoms with Gasteiger partial charge in [-0.3, -0.25) is 4.90 Å². The van der Waals surface area contributed by atoms with E-state index >= 15 is 0 Å². The zero-order valence-corrected chi connectivity index (χ0v) is 15.9. The molecule has 0 aliphatic carbocycles. The maximum atomic E-state index is 5.93. The van der Waals surface area contributed by atoms with Gasteiger partial charge in [-0.05, 0) is 68.8 Å². The van der Waals surface area contributed by atoms with Crippen LogP contribution in [0.5, 0.6) is 5.75 Å². The Hall–Kier alpha value is -2.66. The van der Waals surface area contributed by atoms with Crippen LogP contribution < -0.4 is 4.74 Å². The molecule has 1 unspecified atom stereocenters. The van der Waals surface area contributed by atoms with Crippen molar-refractivity contribution < 1.29 is 4.74 Å². The van der Waals surface area contributed by atoms with Crippen LogP contribution in [0.25, 0.3) is 5.69 Å². The number of hydrogen-bond donors (Lipinski definition) is 0. The van der Waals surface area contributed by atoms with Gasteiger partial charge in [0, 0.05) is 12.6 Å². The fourth-order valence-electron chi connectivity index (χ4n) is 3.02. The summed E-state index contributed by atoms with van der Waals surface area (Å²) in [6.45, 7) is 7.93. The highest BCUT2D eigenvalue weighted by Gasteiger charge is 2.12. The lowest BCUT2D eigenvalue weighted by atomic mass is 10.1. The Labute approximate surface area is 155 Å². The molecule has 0 radical (unpaired) electrons. The number of hydrogen-bond acceptors (Lipinski definition) is 4. The summed E-state index contributed by atoms with van der Waals surface area (Å²) in [7, 11) is 2.13. The quantitative estimate of drug-likeness (QED) is 0.647. The monoisotopic (exact) mass is 350 g/mol. The Bertz CT molecular complexity index is 807. The second kappa shape index (κ2) is 8.15. The Balaban J connectivity index is 1.54. The fourth-order valence-corrected chi connectivity index (χ4v) is 3.02. The smallest absolute Gasteiger partial charge is 0.138 e. The standard InChI is InChI=1S/C21H26N4O/c1-16-11-17(2)13-21(12-16)26-10-9-24(4)18(3)19-5-7-20(8-6-19)25-15-22-14-23-25/h5-8,11-15,18H,9-10H2,1-4H3. The number of aromatic nitrogens is 3. The second-order valence-corrected chi connectivity index (χ2v) is 6.76. The number of nitrogens with zero attached hydrogens (tertiary/aromatic N) is 4. The van der Waals surface area contributed by atoms with Gasteiger partial charge in [0.2, 0.25) is 0 Å². The van der Waals surface area contributed by atoms with Crippen LogP contribution in [-0.4, -0.2) is 39.9 Å². The van der Waals surface area contributed by atoms with Gasteiger partial charge in [0.1, 0.15) is 25.0 Å². The molecular weight excluding hydrogens is 324 g/mol. The summed E-state index contributed by atoms with van der Waals surface area (Å²) in [6, 6.07) is 15.1. The van der Waals surface area contributed by atoms with Crippen LogP contribution in [0.1, 0.15) is 29.7 Å². The molecule has 3 rings (SSSR count). The molecular formula is C21H26N4O. The maximum Gasteiger partial charge on any atom is 0.138 e. The van der Waals surface area contributed by atoms with E-state index < -0.39 is 0 Å². The lowest BCUT2D eigenvalue weighted by Crippen LogP contribution is -2.27. The van der Waals surface area contributed by atoms with Gasteiger partial charge in [-0.2, -0.15) is 5.10 Å². The van der Waals surface area contributed by atoms with Crippen LogP contribution in [0.15, 0.2) is 55.1 Å². The Morgan fingerprint density at radius 3 is 2.38 bits per heavy atom. The summed E-state index contributed by atoms with van der Waals surface area (Å²) in [5.74, 6) is 0.945. The van der Waals surface area contributed by atoms with Crippen molar-refractivity contribution in [1.82, 2.24) is 19.7 Å². The molecule has 5 heteroatoms. The van der Waals surface area contributed by atoms with Crippen molar-refractivity contribution in [3.8, 4) is 11.4 Å². The summed E-state index contributed by atoms with van der Waals surface area (Å²) in [5.41, 5.74) is 4.74. The van der Waals surface area contributed by atoms with E-state index in [-0.39, 0.29) is 0 Å². The molecule has 0 saturated heterocycles. The molecule has 26 heavy (non-hydrogen) atoms. The summed E-state index contributed by atoms with van der Waals surface area (Å²) in [4.78, 5) is 6.28. The Morgan fingerprint density at radius 1 is 1.08 bits per heavy atom. The van der Waals surface area contributed by atoms with Crippen molar-refractivity contribution in [2.24, 2.45) is 0 Å². The zero-order valence-electron chi connectivity index (χ0n) is 15.9. The molecule has 1 heterocycles. The van der Waals surface area contributed by atoms with Crippen molar-refractivity contribution in [2.75, 3.05) is 20.2 Å². The highest BCUT2D eigenvalue weighted by Crippen LogP contribution is 2.21. The first-order valence-electron chi connectivity index (χ1n) is 8.89. The average Bonchev–Trinajstić information content (AvgIpc) is 3.15. The third-order valence-corrected chi connectivity index (χ3v) is 4.63. The van der Waals surface area contributed by atoms with Gasteiger partial charge in [-0.1, -0.05) is 18.2 Å². The highest BCUT2D eigenvalue weighted by atomic mass is 16.5. The van der Waals surface area contributed by atoms with E-state index in [1.165, 1.54) is 16.7 Å². The van der Waals surface area contributed by atoms with Crippen LogP contribution in [0, 0.1) is 13.8 Å². The summed E-state index contributed by atoms with van der Waals surface area (Å²) >= 11 is 0. The predicted octanol–water partition coefficient (Wildman–Crippen LogP) is 3.96. The van der Waals surface area contributed by atoms with Crippen LogP contribution in [0.3, 0.4) is 0 Å². The number of aryl methyl sites for hydroxylation is 2.